The van der Waals surface area contributed by atoms with E-state index in [-0.39, 0.29) is 5.91 Å². The van der Waals surface area contributed by atoms with Gasteiger partial charge in [-0.2, -0.15) is 5.10 Å². The summed E-state index contributed by atoms with van der Waals surface area (Å²) in [6, 6.07) is 21.7. The molecule has 1 heterocycles. The van der Waals surface area contributed by atoms with E-state index in [9.17, 15) is 4.79 Å². The number of nitrogens with zero attached hydrogens (tertiary/aromatic N) is 2. The summed E-state index contributed by atoms with van der Waals surface area (Å²) < 4.78 is 6.52. The number of carbonyl (C=O) groups is 1. The molecular formula is C24H22BrN3O2. The fourth-order valence-corrected chi connectivity index (χ4v) is 3.68. The molecule has 0 unspecified atom stereocenters. The van der Waals surface area contributed by atoms with E-state index in [1.54, 1.807) is 6.21 Å². The fourth-order valence-electron chi connectivity index (χ4n) is 3.42. The summed E-state index contributed by atoms with van der Waals surface area (Å²) in [5.41, 5.74) is 7.66. The average molecular weight is 464 g/mol. The van der Waals surface area contributed by atoms with E-state index in [1.807, 2.05) is 61.5 Å². The number of fused-ring (bicyclic) bond motifs is 1. The van der Waals surface area contributed by atoms with E-state index in [2.05, 4.69) is 43.5 Å². The van der Waals surface area contributed by atoms with Crippen molar-refractivity contribution in [3.05, 3.63) is 93.5 Å². The lowest BCUT2D eigenvalue weighted by molar-refractivity contribution is 0.0955. The zero-order chi connectivity index (χ0) is 20.9. The first-order valence-corrected chi connectivity index (χ1v) is 10.6. The number of nitrogens with one attached hydrogen (secondary N) is 1. The van der Waals surface area contributed by atoms with Gasteiger partial charge in [-0.15, -0.1) is 0 Å². The van der Waals surface area contributed by atoms with Crippen LogP contribution in [-0.4, -0.2) is 18.7 Å². The minimum Gasteiger partial charge on any atom is -0.494 e. The Morgan fingerprint density at radius 3 is 2.53 bits per heavy atom. The quantitative estimate of drug-likeness (QED) is 0.407. The molecule has 1 aliphatic heterocycles. The Morgan fingerprint density at radius 1 is 1.07 bits per heavy atom. The van der Waals surface area contributed by atoms with Gasteiger partial charge in [-0.05, 0) is 72.1 Å². The third-order valence-electron chi connectivity index (χ3n) is 4.95. The summed E-state index contributed by atoms with van der Waals surface area (Å²) in [4.78, 5) is 14.8. The van der Waals surface area contributed by atoms with Crippen LogP contribution in [0.25, 0.3) is 0 Å². The van der Waals surface area contributed by atoms with Gasteiger partial charge in [-0.25, -0.2) is 5.43 Å². The van der Waals surface area contributed by atoms with Crippen LogP contribution in [0, 0.1) is 0 Å². The van der Waals surface area contributed by atoms with Crippen molar-refractivity contribution in [2.24, 2.45) is 5.10 Å². The fraction of sp³-hybridized carbons (Fsp3) is 0.167. The van der Waals surface area contributed by atoms with Crippen LogP contribution >= 0.6 is 15.9 Å². The van der Waals surface area contributed by atoms with Crippen molar-refractivity contribution in [3.63, 3.8) is 0 Å². The standard InChI is InChI=1S/C24H22BrN3O2/c1-2-30-23-11-9-22(10-12-23)28-15-19-6-5-18(13-20(19)16-28)24(29)27-26-14-17-3-7-21(25)8-4-17/h3-14H,2,15-16H2,1H3,(H,27,29)/b26-14-. The van der Waals surface area contributed by atoms with Crippen molar-refractivity contribution in [3.8, 4) is 5.75 Å². The van der Waals surface area contributed by atoms with Crippen molar-refractivity contribution in [2.75, 3.05) is 11.5 Å². The molecule has 3 aromatic rings. The highest BCUT2D eigenvalue weighted by atomic mass is 79.9. The van der Waals surface area contributed by atoms with Crippen LogP contribution in [0.15, 0.2) is 76.3 Å². The van der Waals surface area contributed by atoms with Crippen molar-refractivity contribution < 1.29 is 9.53 Å². The monoisotopic (exact) mass is 463 g/mol. The first-order chi connectivity index (χ1) is 14.6. The molecule has 0 saturated carbocycles. The van der Waals surface area contributed by atoms with Crippen molar-refractivity contribution in [1.82, 2.24) is 5.43 Å². The minimum atomic E-state index is -0.217. The molecule has 4 rings (SSSR count). The summed E-state index contributed by atoms with van der Waals surface area (Å²) in [5, 5.41) is 4.06. The summed E-state index contributed by atoms with van der Waals surface area (Å²) in [7, 11) is 0. The summed E-state index contributed by atoms with van der Waals surface area (Å²) in [5.74, 6) is 0.659. The van der Waals surface area contributed by atoms with E-state index >= 15 is 0 Å². The Bertz CT molecular complexity index is 1060. The molecule has 0 aliphatic carbocycles. The van der Waals surface area contributed by atoms with Gasteiger partial charge in [0.15, 0.2) is 0 Å². The number of rotatable bonds is 6. The maximum atomic E-state index is 12.5. The average Bonchev–Trinajstić information content (AvgIpc) is 3.19. The molecule has 3 aromatic carbocycles. The lowest BCUT2D eigenvalue weighted by Gasteiger charge is -2.18. The summed E-state index contributed by atoms with van der Waals surface area (Å²) >= 11 is 3.40. The SMILES string of the molecule is CCOc1ccc(N2Cc3ccc(C(=O)N/N=C\c4ccc(Br)cc4)cc3C2)cc1. The second-order valence-electron chi connectivity index (χ2n) is 7.02. The first kappa shape index (κ1) is 20.2. The van der Waals surface area contributed by atoms with E-state index in [1.165, 1.54) is 5.56 Å². The molecule has 0 radical (unpaired) electrons. The Labute approximate surface area is 184 Å². The zero-order valence-corrected chi connectivity index (χ0v) is 18.2. The lowest BCUT2D eigenvalue weighted by atomic mass is 10.1. The molecule has 1 aliphatic rings. The third kappa shape index (κ3) is 4.71. The molecule has 0 bridgehead atoms. The van der Waals surface area contributed by atoms with Crippen LogP contribution < -0.4 is 15.1 Å². The molecule has 152 valence electrons. The Morgan fingerprint density at radius 2 is 1.80 bits per heavy atom. The van der Waals surface area contributed by atoms with Crippen LogP contribution in [0.3, 0.4) is 0 Å². The van der Waals surface area contributed by atoms with Gasteiger partial charge in [0.25, 0.3) is 5.91 Å². The number of carbonyl (C=O) groups excluding carboxylic acids is 1. The van der Waals surface area contributed by atoms with Gasteiger partial charge >= 0.3 is 0 Å². The highest BCUT2D eigenvalue weighted by Crippen LogP contribution is 2.30. The molecule has 1 amide bonds. The molecular weight excluding hydrogens is 442 g/mol. The topological polar surface area (TPSA) is 53.9 Å². The Hall–Kier alpha value is -3.12. The molecule has 1 N–H and O–H groups in total. The molecule has 6 heteroatoms. The normalized spacial score (nSPS) is 12.8. The summed E-state index contributed by atoms with van der Waals surface area (Å²) in [6.45, 7) is 4.23. The lowest BCUT2D eigenvalue weighted by Crippen LogP contribution is -2.17. The van der Waals surface area contributed by atoms with E-state index in [0.29, 0.717) is 12.2 Å². The van der Waals surface area contributed by atoms with Crippen molar-refractivity contribution in [1.29, 1.82) is 0 Å². The number of hydrogen-bond donors (Lipinski definition) is 1. The predicted octanol–water partition coefficient (Wildman–Crippen LogP) is 5.13. The van der Waals surface area contributed by atoms with Gasteiger partial charge < -0.3 is 9.64 Å². The molecule has 5 nitrogen and oxygen atoms in total. The molecule has 0 fully saturated rings. The van der Waals surface area contributed by atoms with Crippen LogP contribution in [0.1, 0.15) is 34.0 Å². The van der Waals surface area contributed by atoms with E-state index in [0.717, 1.165) is 40.1 Å². The molecule has 0 spiro atoms. The summed E-state index contributed by atoms with van der Waals surface area (Å²) in [6.07, 6.45) is 1.63. The number of hydrogen-bond acceptors (Lipinski definition) is 4. The largest absolute Gasteiger partial charge is 0.494 e. The minimum absolute atomic E-state index is 0.217. The van der Waals surface area contributed by atoms with E-state index < -0.39 is 0 Å². The molecule has 0 aromatic heterocycles. The maximum absolute atomic E-state index is 12.5. The Kier molecular flexibility index (Phi) is 6.14. The van der Waals surface area contributed by atoms with Crippen LogP contribution in [0.4, 0.5) is 5.69 Å². The van der Waals surface area contributed by atoms with Gasteiger partial charge in [-0.3, -0.25) is 4.79 Å². The smallest absolute Gasteiger partial charge is 0.271 e. The molecule has 0 saturated heterocycles. The van der Waals surface area contributed by atoms with Crippen LogP contribution in [0.5, 0.6) is 5.75 Å². The second kappa shape index (κ2) is 9.13. The van der Waals surface area contributed by atoms with Crippen LogP contribution in [0.2, 0.25) is 0 Å². The third-order valence-corrected chi connectivity index (χ3v) is 5.48. The Balaban J connectivity index is 1.39. The number of ether oxygens (including phenoxy) is 1. The number of benzene rings is 3. The number of halogens is 1. The number of anilines is 1. The maximum Gasteiger partial charge on any atom is 0.271 e. The van der Waals surface area contributed by atoms with Crippen molar-refractivity contribution >= 4 is 33.7 Å². The molecule has 30 heavy (non-hydrogen) atoms. The van der Waals surface area contributed by atoms with Gasteiger partial charge in [0.2, 0.25) is 0 Å². The molecule has 0 atom stereocenters. The van der Waals surface area contributed by atoms with Gasteiger partial charge in [0, 0.05) is 28.8 Å². The van der Waals surface area contributed by atoms with Crippen LogP contribution in [-0.2, 0) is 13.1 Å². The van der Waals surface area contributed by atoms with E-state index in [4.69, 9.17) is 4.74 Å². The number of hydrazone groups is 1. The highest BCUT2D eigenvalue weighted by Gasteiger charge is 2.20. The highest BCUT2D eigenvalue weighted by molar-refractivity contribution is 9.10. The first-order valence-electron chi connectivity index (χ1n) is 9.81. The second-order valence-corrected chi connectivity index (χ2v) is 7.93. The predicted molar refractivity (Wildman–Crippen MR) is 123 cm³/mol. The van der Waals surface area contributed by atoms with Gasteiger partial charge in [0.1, 0.15) is 5.75 Å². The van der Waals surface area contributed by atoms with Gasteiger partial charge in [0.05, 0.1) is 12.8 Å². The number of amides is 1. The van der Waals surface area contributed by atoms with Gasteiger partial charge in [-0.1, -0.05) is 34.1 Å². The van der Waals surface area contributed by atoms with Crippen molar-refractivity contribution in [2.45, 2.75) is 20.0 Å². The zero-order valence-electron chi connectivity index (χ0n) is 16.6.